The summed E-state index contributed by atoms with van der Waals surface area (Å²) in [5.74, 6) is 1.65. The number of fused-ring (bicyclic) bond motifs is 6. The number of allylic oxidation sites excluding steroid dienone is 6. The number of hydrogen-bond donors (Lipinski definition) is 1. The molecule has 2 aliphatic carbocycles. The van der Waals surface area contributed by atoms with E-state index in [0.717, 1.165) is 39.3 Å². The van der Waals surface area contributed by atoms with Crippen LogP contribution in [0.4, 0.5) is 17.1 Å². The minimum Gasteiger partial charge on any atom is -0.485 e. The van der Waals surface area contributed by atoms with Crippen molar-refractivity contribution in [2.24, 2.45) is 21.6 Å². The first kappa shape index (κ1) is 42.0. The van der Waals surface area contributed by atoms with Crippen LogP contribution in [0.5, 0.6) is 0 Å². The van der Waals surface area contributed by atoms with E-state index in [2.05, 4.69) is 164 Å². The third-order valence-corrected chi connectivity index (χ3v) is 14.4. The van der Waals surface area contributed by atoms with Crippen LogP contribution in [0, 0.1) is 5.92 Å². The Morgan fingerprint density at radius 1 is 0.716 bits per heavy atom. The summed E-state index contributed by atoms with van der Waals surface area (Å²) in [7, 11) is 0. The quantitative estimate of drug-likeness (QED) is 0.122. The topological polar surface area (TPSA) is 63.2 Å². The van der Waals surface area contributed by atoms with Gasteiger partial charge >= 0.3 is 0 Å². The van der Waals surface area contributed by atoms with Gasteiger partial charge < -0.3 is 15.4 Å². The van der Waals surface area contributed by atoms with Gasteiger partial charge in [0.15, 0.2) is 0 Å². The molecule has 1 saturated heterocycles. The fraction of sp³-hybridized carbons (Fsp3) is 0.115. The van der Waals surface area contributed by atoms with Crippen LogP contribution in [-0.2, 0) is 16.7 Å². The third kappa shape index (κ3) is 7.87. The van der Waals surface area contributed by atoms with Gasteiger partial charge in [-0.1, -0.05) is 189 Å². The van der Waals surface area contributed by atoms with Crippen LogP contribution in [0.25, 0.3) is 27.8 Å². The number of ether oxygens (including phenoxy) is 1. The van der Waals surface area contributed by atoms with Crippen molar-refractivity contribution < 1.29 is 4.74 Å². The largest absolute Gasteiger partial charge is 0.485 e. The lowest BCUT2D eigenvalue weighted by Gasteiger charge is -2.35. The Hall–Kier alpha value is -7.67. The molecule has 0 radical (unpaired) electrons. The van der Waals surface area contributed by atoms with Crippen LogP contribution in [0.2, 0.25) is 0 Å². The van der Waals surface area contributed by atoms with Crippen LogP contribution in [0.15, 0.2) is 243 Å². The van der Waals surface area contributed by atoms with Crippen molar-refractivity contribution in [1.29, 1.82) is 0 Å². The highest BCUT2D eigenvalue weighted by Gasteiger charge is 2.40. The molecule has 5 nitrogen and oxygen atoms in total. The highest BCUT2D eigenvalue weighted by molar-refractivity contribution is 7.99. The molecule has 2 N–H and O–H groups in total. The van der Waals surface area contributed by atoms with Gasteiger partial charge in [-0.15, -0.1) is 0 Å². The molecule has 0 saturated carbocycles. The van der Waals surface area contributed by atoms with E-state index in [-0.39, 0.29) is 17.4 Å². The van der Waals surface area contributed by atoms with Crippen LogP contribution < -0.4 is 10.6 Å². The van der Waals surface area contributed by atoms with Crippen molar-refractivity contribution in [2.45, 2.75) is 48.6 Å². The maximum atomic E-state index is 6.70. The average Bonchev–Trinajstić information content (AvgIpc) is 3.84. The molecule has 326 valence electrons. The summed E-state index contributed by atoms with van der Waals surface area (Å²) in [5.41, 5.74) is 23.0. The van der Waals surface area contributed by atoms with E-state index in [4.69, 9.17) is 20.5 Å². The van der Waals surface area contributed by atoms with Crippen LogP contribution in [0.3, 0.4) is 0 Å². The van der Waals surface area contributed by atoms with Crippen molar-refractivity contribution in [2.75, 3.05) is 4.90 Å². The zero-order valence-electron chi connectivity index (χ0n) is 37.8. The van der Waals surface area contributed by atoms with E-state index < -0.39 is 0 Å². The highest BCUT2D eigenvalue weighted by Crippen LogP contribution is 2.58. The predicted molar refractivity (Wildman–Crippen MR) is 279 cm³/mol. The molecule has 2 aliphatic heterocycles. The summed E-state index contributed by atoms with van der Waals surface area (Å²) in [6, 6.07) is 60.4. The van der Waals surface area contributed by atoms with Gasteiger partial charge in [-0.05, 0) is 100 Å². The summed E-state index contributed by atoms with van der Waals surface area (Å²) < 4.78 is 6.70. The molecule has 1 fully saturated rings. The molecule has 7 aromatic carbocycles. The molecule has 11 rings (SSSR count). The zero-order valence-corrected chi connectivity index (χ0v) is 38.6. The van der Waals surface area contributed by atoms with Crippen LogP contribution in [-0.4, -0.2) is 17.8 Å². The second-order valence-corrected chi connectivity index (χ2v) is 18.9. The Kier molecular flexibility index (Phi) is 11.0. The number of nitrogens with zero attached hydrogens (tertiary/aromatic N) is 3. The molecule has 0 bridgehead atoms. The summed E-state index contributed by atoms with van der Waals surface area (Å²) in [6.07, 6.45) is 14.7. The first-order valence-corrected chi connectivity index (χ1v) is 23.8. The van der Waals surface area contributed by atoms with Crippen LogP contribution >= 0.6 is 11.8 Å². The molecule has 0 aromatic heterocycles. The zero-order chi connectivity index (χ0) is 45.5. The van der Waals surface area contributed by atoms with E-state index in [1.165, 1.54) is 54.5 Å². The summed E-state index contributed by atoms with van der Waals surface area (Å²) in [6.45, 7) is 7.18. The number of amidine groups is 2. The Balaban J connectivity index is 1.02. The Bertz CT molecular complexity index is 3270. The molecule has 0 amide bonds. The minimum atomic E-state index is -0.185. The number of aliphatic imine (C=N–C) groups is 2. The monoisotopic (exact) mass is 886 g/mol. The standard InChI is InChI=1S/C61H50N4OS/c1-4-5-28-54-48(38-58(63-39-40-18-9-6-10-19-40)64-60(62)42-22-13-8-14-23-42)47-35-43(31-34-55(47)66-54)45-30-33-52-57(37-45)67-56-36-44(41-20-11-7-12-21-41)29-32-51(56)65(52)53-27-17-26-50-59(53)46-24-15-16-25-49(46)61(50,2)3/h4-38,47,55H,39H2,1-3H3,(H2,62,63,64)/b5-4-,48-38?,54-28+. The first-order valence-electron chi connectivity index (χ1n) is 23.0. The van der Waals surface area contributed by atoms with Crippen molar-refractivity contribution in [3.8, 4) is 22.3 Å². The van der Waals surface area contributed by atoms with E-state index in [1.54, 1.807) is 0 Å². The average molecular weight is 887 g/mol. The second kappa shape index (κ2) is 17.6. The molecule has 7 aromatic rings. The molecule has 67 heavy (non-hydrogen) atoms. The van der Waals surface area contributed by atoms with E-state index >= 15 is 0 Å². The van der Waals surface area contributed by atoms with Crippen molar-refractivity contribution in [1.82, 2.24) is 0 Å². The maximum Gasteiger partial charge on any atom is 0.150 e. The molecule has 2 heterocycles. The number of anilines is 3. The number of nitrogens with two attached hydrogens (primary N) is 1. The fourth-order valence-corrected chi connectivity index (χ4v) is 11.0. The predicted octanol–water partition coefficient (Wildman–Crippen LogP) is 15.0. The third-order valence-electron chi connectivity index (χ3n) is 13.3. The Labute approximate surface area is 397 Å². The Morgan fingerprint density at radius 2 is 1.39 bits per heavy atom. The summed E-state index contributed by atoms with van der Waals surface area (Å²) in [4.78, 5) is 14.9. The van der Waals surface area contributed by atoms with E-state index in [1.807, 2.05) is 85.4 Å². The number of hydrogen-bond acceptors (Lipinski definition) is 4. The molecule has 0 spiro atoms. The lowest BCUT2D eigenvalue weighted by Crippen LogP contribution is -2.18. The lowest BCUT2D eigenvalue weighted by molar-refractivity contribution is 0.185. The molecule has 4 aliphatic rings. The fourth-order valence-electron chi connectivity index (χ4n) is 9.88. The smallest absolute Gasteiger partial charge is 0.150 e. The molecular weight excluding hydrogens is 837 g/mol. The molecule has 2 unspecified atom stereocenters. The molecule has 6 heteroatoms. The minimum absolute atomic E-state index is 0.0868. The molecule has 2 atom stereocenters. The number of benzene rings is 7. The number of rotatable bonds is 8. The van der Waals surface area contributed by atoms with Gasteiger partial charge in [0.2, 0.25) is 0 Å². The van der Waals surface area contributed by atoms with Gasteiger partial charge in [0.1, 0.15) is 23.5 Å². The van der Waals surface area contributed by atoms with Gasteiger partial charge in [-0.2, -0.15) is 0 Å². The van der Waals surface area contributed by atoms with E-state index in [9.17, 15) is 0 Å². The normalized spacial score (nSPS) is 19.1. The van der Waals surface area contributed by atoms with Crippen LogP contribution in [0.1, 0.15) is 48.6 Å². The highest BCUT2D eigenvalue weighted by atomic mass is 32.2. The SMILES string of the molecule is C/C=C\C=C1\OC2C=CC(c3ccc4c(c3)Sc3cc(-c5ccccc5)ccc3N4c3cccc4c3-c3ccccc3C4(C)C)=CC2C1=CC(=NCc1ccccc1)N=C(N)c1ccccc1. The van der Waals surface area contributed by atoms with Gasteiger partial charge in [-0.25, -0.2) is 4.99 Å². The van der Waals surface area contributed by atoms with Gasteiger partial charge in [0.05, 0.1) is 23.6 Å². The second-order valence-electron chi connectivity index (χ2n) is 17.8. The first-order chi connectivity index (χ1) is 32.8. The van der Waals surface area contributed by atoms with Gasteiger partial charge in [-0.3, -0.25) is 4.99 Å². The maximum absolute atomic E-state index is 6.70. The van der Waals surface area contributed by atoms with Crippen molar-refractivity contribution in [3.05, 3.63) is 252 Å². The Morgan fingerprint density at radius 3 is 2.15 bits per heavy atom. The van der Waals surface area contributed by atoms with Gasteiger partial charge in [0, 0.05) is 37.8 Å². The summed E-state index contributed by atoms with van der Waals surface area (Å²) in [5, 5.41) is 0. The van der Waals surface area contributed by atoms with Crippen molar-refractivity contribution >= 4 is 46.1 Å². The van der Waals surface area contributed by atoms with Crippen molar-refractivity contribution in [3.63, 3.8) is 0 Å². The van der Waals surface area contributed by atoms with E-state index in [0.29, 0.717) is 18.2 Å². The lowest BCUT2D eigenvalue weighted by atomic mass is 9.82. The molecular formula is C61H50N4OS. The summed E-state index contributed by atoms with van der Waals surface area (Å²) >= 11 is 1.84. The van der Waals surface area contributed by atoms with Gasteiger partial charge in [0.25, 0.3) is 0 Å².